The third-order valence-corrected chi connectivity index (χ3v) is 6.38. The van der Waals surface area contributed by atoms with E-state index in [1.54, 1.807) is 0 Å². The van der Waals surface area contributed by atoms with Crippen molar-refractivity contribution >= 4 is 22.8 Å². The van der Waals surface area contributed by atoms with Gasteiger partial charge in [-0.3, -0.25) is 4.79 Å². The van der Waals surface area contributed by atoms with E-state index in [1.807, 2.05) is 0 Å². The molecule has 0 spiro atoms. The lowest BCUT2D eigenvalue weighted by Gasteiger charge is -2.21. The number of thioether (sulfide) groups is 1. The second kappa shape index (κ2) is 11.5. The monoisotopic (exact) mass is 559 g/mol. The van der Waals surface area contributed by atoms with Crippen molar-refractivity contribution in [3.63, 3.8) is 0 Å². The zero-order chi connectivity index (χ0) is 28.4. The van der Waals surface area contributed by atoms with E-state index in [0.717, 1.165) is 30.3 Å². The van der Waals surface area contributed by atoms with Gasteiger partial charge in [-0.05, 0) is 77.5 Å². The Morgan fingerprint density at radius 2 is 1.58 bits per heavy atom. The van der Waals surface area contributed by atoms with Crippen LogP contribution in [0, 0.1) is 17.6 Å². The number of carbonyl (C=O) groups is 2. The highest BCUT2D eigenvalue weighted by molar-refractivity contribution is 8.14. The number of aromatic nitrogens is 1. The van der Waals surface area contributed by atoms with Gasteiger partial charge in [0.1, 0.15) is 17.3 Å². The molecular formula is C26H20F7NO3S. The summed E-state index contributed by atoms with van der Waals surface area (Å²) in [5.41, 5.74) is -5.81. The second-order valence-electron chi connectivity index (χ2n) is 8.72. The molecule has 202 valence electrons. The topological polar surface area (TPSA) is 67.3 Å². The molecule has 0 saturated heterocycles. The zero-order valence-electron chi connectivity index (χ0n) is 19.9. The smallest absolute Gasteiger partial charge is 0.434 e. The summed E-state index contributed by atoms with van der Waals surface area (Å²) in [7, 11) is 0. The number of hydrogen-bond acceptors (Lipinski definition) is 4. The van der Waals surface area contributed by atoms with Gasteiger partial charge in [0.2, 0.25) is 5.12 Å². The predicted molar refractivity (Wildman–Crippen MR) is 125 cm³/mol. The van der Waals surface area contributed by atoms with Crippen LogP contribution in [0.2, 0.25) is 0 Å². The summed E-state index contributed by atoms with van der Waals surface area (Å²) >= 11 is 0.261. The average Bonchev–Trinajstić information content (AvgIpc) is 2.80. The van der Waals surface area contributed by atoms with Crippen molar-refractivity contribution in [2.24, 2.45) is 5.92 Å². The third-order valence-electron chi connectivity index (χ3n) is 5.37. The van der Waals surface area contributed by atoms with Crippen molar-refractivity contribution in [2.75, 3.05) is 0 Å². The van der Waals surface area contributed by atoms with E-state index < -0.39 is 75.7 Å². The fourth-order valence-corrected chi connectivity index (χ4v) is 4.77. The van der Waals surface area contributed by atoms with Crippen molar-refractivity contribution in [2.45, 2.75) is 44.2 Å². The molecule has 0 radical (unpaired) electrons. The first-order valence-electron chi connectivity index (χ1n) is 11.1. The summed E-state index contributed by atoms with van der Waals surface area (Å²) in [5, 5.41) is 8.32. The van der Waals surface area contributed by atoms with Gasteiger partial charge in [-0.1, -0.05) is 26.0 Å². The van der Waals surface area contributed by atoms with Crippen molar-refractivity contribution in [1.82, 2.24) is 4.98 Å². The van der Waals surface area contributed by atoms with Crippen LogP contribution in [0.1, 0.15) is 69.1 Å². The second-order valence-corrected chi connectivity index (χ2v) is 9.74. The summed E-state index contributed by atoms with van der Waals surface area (Å²) in [6.45, 7) is 3.03. The Kier molecular flexibility index (Phi) is 8.86. The number of carbonyl (C=O) groups excluding carboxylic acids is 1. The molecule has 3 aromatic rings. The molecule has 0 amide bonds. The van der Waals surface area contributed by atoms with Crippen LogP contribution in [0.3, 0.4) is 0 Å². The first-order valence-corrected chi connectivity index (χ1v) is 11.9. The van der Waals surface area contributed by atoms with Crippen LogP contribution in [0.15, 0.2) is 47.4 Å². The fourth-order valence-electron chi connectivity index (χ4n) is 3.85. The molecule has 0 saturated carbocycles. The van der Waals surface area contributed by atoms with E-state index in [-0.39, 0.29) is 28.6 Å². The van der Waals surface area contributed by atoms with E-state index >= 15 is 0 Å². The Labute approximate surface area is 216 Å². The number of aromatic carboxylic acids is 1. The van der Waals surface area contributed by atoms with Crippen LogP contribution < -0.4 is 0 Å². The van der Waals surface area contributed by atoms with Gasteiger partial charge in [0.05, 0.1) is 11.1 Å². The quantitative estimate of drug-likeness (QED) is 0.226. The molecule has 0 atom stereocenters. The molecule has 0 aliphatic heterocycles. The largest absolute Gasteiger partial charge is 0.478 e. The molecule has 1 aromatic heterocycles. The Morgan fingerprint density at radius 3 is 2.11 bits per heavy atom. The first-order chi connectivity index (χ1) is 17.7. The van der Waals surface area contributed by atoms with E-state index in [9.17, 15) is 45.4 Å². The van der Waals surface area contributed by atoms with Crippen LogP contribution in [0.4, 0.5) is 30.7 Å². The number of benzene rings is 2. The Bertz CT molecular complexity index is 1360. The number of halogens is 7. The third kappa shape index (κ3) is 6.72. The highest BCUT2D eigenvalue weighted by atomic mass is 32.2. The lowest BCUT2D eigenvalue weighted by Crippen LogP contribution is -2.23. The normalized spacial score (nSPS) is 11.9. The molecule has 0 aliphatic rings. The molecular weight excluding hydrogens is 539 g/mol. The van der Waals surface area contributed by atoms with E-state index in [4.69, 9.17) is 0 Å². The van der Waals surface area contributed by atoms with Gasteiger partial charge >= 0.3 is 12.1 Å². The first kappa shape index (κ1) is 29.2. The number of rotatable bonds is 8. The Balaban J connectivity index is 2.20. The van der Waals surface area contributed by atoms with Crippen molar-refractivity contribution in [3.8, 4) is 0 Å². The van der Waals surface area contributed by atoms with Crippen molar-refractivity contribution < 1.29 is 45.4 Å². The Hall–Kier alpha value is -3.41. The van der Waals surface area contributed by atoms with Crippen LogP contribution in [-0.2, 0) is 19.0 Å². The molecule has 38 heavy (non-hydrogen) atoms. The summed E-state index contributed by atoms with van der Waals surface area (Å²) in [4.78, 5) is 28.2. The molecule has 1 N–H and O–H groups in total. The van der Waals surface area contributed by atoms with Gasteiger partial charge in [0.15, 0.2) is 5.69 Å². The molecule has 2 aromatic carbocycles. The van der Waals surface area contributed by atoms with Gasteiger partial charge in [-0.25, -0.2) is 27.3 Å². The lowest BCUT2D eigenvalue weighted by atomic mass is 9.91. The maximum Gasteiger partial charge on any atom is 0.434 e. The molecule has 0 bridgehead atoms. The van der Waals surface area contributed by atoms with Gasteiger partial charge in [0.25, 0.3) is 6.43 Å². The highest BCUT2D eigenvalue weighted by Crippen LogP contribution is 2.40. The molecule has 3 rings (SSSR count). The molecule has 0 aliphatic carbocycles. The maximum absolute atomic E-state index is 14.0. The number of carboxylic acids is 1. The zero-order valence-corrected chi connectivity index (χ0v) is 20.7. The minimum Gasteiger partial charge on any atom is -0.478 e. The SMILES string of the molecule is CC(C)Cc1c(C(=O)O)c(C(F)F)nc(C(F)(F)F)c1C(=O)Sc1ccc(F)cc1Cc1ccc(F)cc1. The molecule has 0 unspecified atom stereocenters. The number of hydrogen-bond donors (Lipinski definition) is 1. The minimum atomic E-state index is -5.36. The number of carboxylic acid groups (broad SMARTS) is 1. The van der Waals surface area contributed by atoms with E-state index in [1.165, 1.54) is 26.0 Å². The van der Waals surface area contributed by atoms with Crippen LogP contribution in [-0.4, -0.2) is 21.2 Å². The summed E-state index contributed by atoms with van der Waals surface area (Å²) in [6, 6.07) is 8.32. The van der Waals surface area contributed by atoms with Gasteiger partial charge in [-0.15, -0.1) is 0 Å². The molecule has 1 heterocycles. The minimum absolute atomic E-state index is 0.0123. The fraction of sp³-hybridized carbons (Fsp3) is 0.269. The molecule has 4 nitrogen and oxygen atoms in total. The molecule has 0 fully saturated rings. The van der Waals surface area contributed by atoms with Crippen molar-refractivity contribution in [3.05, 3.63) is 93.3 Å². The average molecular weight is 560 g/mol. The Morgan fingerprint density at radius 1 is 0.974 bits per heavy atom. The summed E-state index contributed by atoms with van der Waals surface area (Å²) < 4.78 is 96.5. The lowest BCUT2D eigenvalue weighted by molar-refractivity contribution is -0.141. The van der Waals surface area contributed by atoms with Crippen LogP contribution in [0.5, 0.6) is 0 Å². The summed E-state index contributed by atoms with van der Waals surface area (Å²) in [6.07, 6.45) is -9.45. The number of nitrogens with zero attached hydrogens (tertiary/aromatic N) is 1. The van der Waals surface area contributed by atoms with Gasteiger partial charge in [0, 0.05) is 4.90 Å². The number of alkyl halides is 5. The predicted octanol–water partition coefficient (Wildman–Crippen LogP) is 7.74. The summed E-state index contributed by atoms with van der Waals surface area (Å²) in [5.74, 6) is -3.69. The van der Waals surface area contributed by atoms with Crippen LogP contribution >= 0.6 is 11.8 Å². The van der Waals surface area contributed by atoms with Gasteiger partial charge < -0.3 is 5.11 Å². The standard InChI is InChI=1S/C26H20F7NO3S/c1-12(2)9-17-19(24(35)36)21(23(29)30)34-22(26(31,32)33)20(17)25(37)38-18-8-7-16(28)11-14(18)10-13-3-5-15(27)6-4-13/h3-8,11-12,23H,9-10H2,1-2H3,(H,35,36). The van der Waals surface area contributed by atoms with E-state index in [2.05, 4.69) is 4.98 Å². The van der Waals surface area contributed by atoms with Crippen molar-refractivity contribution in [1.29, 1.82) is 0 Å². The molecule has 12 heteroatoms. The van der Waals surface area contributed by atoms with E-state index in [0.29, 0.717) is 5.56 Å². The van der Waals surface area contributed by atoms with Crippen LogP contribution in [0.25, 0.3) is 0 Å². The maximum atomic E-state index is 14.0. The number of pyridine rings is 1. The highest BCUT2D eigenvalue weighted by Gasteiger charge is 2.42. The van der Waals surface area contributed by atoms with Gasteiger partial charge in [-0.2, -0.15) is 13.2 Å².